The van der Waals surface area contributed by atoms with Crippen molar-refractivity contribution in [1.82, 2.24) is 19.8 Å². The number of hydrogen-bond donors (Lipinski definition) is 1. The molecule has 1 aromatic heterocycles. The van der Waals surface area contributed by atoms with Gasteiger partial charge in [0.05, 0.1) is 5.69 Å². The van der Waals surface area contributed by atoms with Crippen LogP contribution in [-0.2, 0) is 19.5 Å². The van der Waals surface area contributed by atoms with E-state index in [1.807, 2.05) is 6.92 Å². The minimum atomic E-state index is -0.0851. The number of nitrogens with zero attached hydrogens (tertiary/aromatic N) is 3. The molecule has 1 fully saturated rings. The second kappa shape index (κ2) is 8.54. The van der Waals surface area contributed by atoms with Crippen molar-refractivity contribution >= 4 is 17.4 Å². The molecule has 1 saturated heterocycles. The summed E-state index contributed by atoms with van der Waals surface area (Å²) in [5, 5.41) is 6.95. The summed E-state index contributed by atoms with van der Waals surface area (Å²) in [6, 6.07) is 9.24. The van der Waals surface area contributed by atoms with E-state index in [2.05, 4.69) is 51.0 Å². The van der Waals surface area contributed by atoms with Gasteiger partial charge >= 0.3 is 0 Å². The van der Waals surface area contributed by atoms with E-state index in [1.165, 1.54) is 31.4 Å². The van der Waals surface area contributed by atoms with Crippen LogP contribution in [0.2, 0.25) is 0 Å². The van der Waals surface area contributed by atoms with Crippen molar-refractivity contribution in [3.63, 3.8) is 0 Å². The van der Waals surface area contributed by atoms with Crippen molar-refractivity contribution in [3.8, 4) is 0 Å². The van der Waals surface area contributed by atoms with Gasteiger partial charge in [-0.2, -0.15) is 0 Å². The van der Waals surface area contributed by atoms with E-state index in [0.29, 0.717) is 17.5 Å². The van der Waals surface area contributed by atoms with Crippen molar-refractivity contribution < 1.29 is 4.79 Å². The highest BCUT2D eigenvalue weighted by Gasteiger charge is 2.18. The molecular weight excluding hydrogens is 332 g/mol. The fraction of sp³-hybridized carbons (Fsp3) is 0.526. The van der Waals surface area contributed by atoms with Crippen LogP contribution in [0.15, 0.2) is 24.3 Å². The maximum Gasteiger partial charge on any atom is 0.265 e. The monoisotopic (exact) mass is 358 g/mol. The summed E-state index contributed by atoms with van der Waals surface area (Å²) in [7, 11) is 0. The van der Waals surface area contributed by atoms with Gasteiger partial charge in [0.2, 0.25) is 0 Å². The summed E-state index contributed by atoms with van der Waals surface area (Å²) in [6.45, 7) is 7.04. The lowest BCUT2D eigenvalue weighted by Gasteiger charge is -2.33. The van der Waals surface area contributed by atoms with Gasteiger partial charge in [0, 0.05) is 19.1 Å². The van der Waals surface area contributed by atoms with E-state index in [-0.39, 0.29) is 5.91 Å². The molecule has 3 rings (SSSR count). The van der Waals surface area contributed by atoms with Gasteiger partial charge in [0.1, 0.15) is 4.88 Å². The lowest BCUT2D eigenvalue weighted by Crippen LogP contribution is -2.36. The average Bonchev–Trinajstić information content (AvgIpc) is 3.12. The van der Waals surface area contributed by atoms with Crippen LogP contribution in [0, 0.1) is 0 Å². The molecule has 1 aliphatic rings. The maximum atomic E-state index is 12.2. The van der Waals surface area contributed by atoms with Crippen molar-refractivity contribution in [2.24, 2.45) is 0 Å². The molecule has 0 aliphatic carbocycles. The highest BCUT2D eigenvalue weighted by atomic mass is 32.1. The Morgan fingerprint density at radius 3 is 2.76 bits per heavy atom. The molecule has 6 heteroatoms. The Labute approximate surface area is 153 Å². The Balaban J connectivity index is 1.53. The molecule has 2 aromatic rings. The summed E-state index contributed by atoms with van der Waals surface area (Å²) < 4.78 is 3.87. The van der Waals surface area contributed by atoms with E-state index in [1.54, 1.807) is 0 Å². The molecule has 5 nitrogen and oxygen atoms in total. The number of carbonyl (C=O) groups is 1. The minimum absolute atomic E-state index is 0.0851. The topological polar surface area (TPSA) is 58.1 Å². The molecule has 1 amide bonds. The normalized spacial score (nSPS) is 18.2. The van der Waals surface area contributed by atoms with E-state index >= 15 is 0 Å². The molecule has 1 aromatic carbocycles. The summed E-state index contributed by atoms with van der Waals surface area (Å²) >= 11 is 1.16. The molecule has 2 heterocycles. The Bertz CT molecular complexity index is 698. The molecule has 1 aliphatic heterocycles. The highest BCUT2D eigenvalue weighted by Crippen LogP contribution is 2.19. The van der Waals surface area contributed by atoms with Gasteiger partial charge in [-0.1, -0.05) is 42.1 Å². The van der Waals surface area contributed by atoms with Crippen LogP contribution in [0.4, 0.5) is 0 Å². The molecule has 0 radical (unpaired) electrons. The van der Waals surface area contributed by atoms with E-state index in [4.69, 9.17) is 0 Å². The van der Waals surface area contributed by atoms with Crippen LogP contribution < -0.4 is 5.32 Å². The second-order valence-electron chi connectivity index (χ2n) is 6.72. The third-order valence-electron chi connectivity index (χ3n) is 4.90. The number of rotatable bonds is 6. The zero-order valence-corrected chi connectivity index (χ0v) is 15.8. The van der Waals surface area contributed by atoms with E-state index < -0.39 is 0 Å². The van der Waals surface area contributed by atoms with Crippen LogP contribution in [0.1, 0.15) is 59.6 Å². The van der Waals surface area contributed by atoms with Crippen LogP contribution in [0.25, 0.3) is 0 Å². The predicted octanol–water partition coefficient (Wildman–Crippen LogP) is 3.40. The van der Waals surface area contributed by atoms with Crippen molar-refractivity contribution in [1.29, 1.82) is 0 Å². The largest absolute Gasteiger partial charge is 0.347 e. The van der Waals surface area contributed by atoms with Crippen molar-refractivity contribution in [2.75, 3.05) is 6.54 Å². The summed E-state index contributed by atoms with van der Waals surface area (Å²) in [5.74, 6) is -0.0851. The standard InChI is InChI=1S/C19H26N4OS/c1-3-17-18(25-22-21-17)19(24)20-12-15-7-9-16(10-8-15)13-23-11-5-4-6-14(23)2/h7-10,14H,3-6,11-13H2,1-2H3,(H,20,24). The number of amides is 1. The first kappa shape index (κ1) is 18.0. The second-order valence-corrected chi connectivity index (χ2v) is 7.47. The van der Waals surface area contributed by atoms with Gasteiger partial charge in [0.25, 0.3) is 5.91 Å². The number of hydrogen-bond acceptors (Lipinski definition) is 5. The minimum Gasteiger partial charge on any atom is -0.347 e. The highest BCUT2D eigenvalue weighted by molar-refractivity contribution is 7.08. The van der Waals surface area contributed by atoms with Crippen LogP contribution in [-0.4, -0.2) is 33.0 Å². The molecule has 1 atom stereocenters. The van der Waals surface area contributed by atoms with Gasteiger partial charge in [-0.05, 0) is 55.4 Å². The zero-order valence-electron chi connectivity index (χ0n) is 15.0. The molecule has 1 N–H and O–H groups in total. The number of likely N-dealkylation sites (tertiary alicyclic amines) is 1. The van der Waals surface area contributed by atoms with Gasteiger partial charge in [-0.3, -0.25) is 9.69 Å². The van der Waals surface area contributed by atoms with Crippen LogP contribution in [0.5, 0.6) is 0 Å². The van der Waals surface area contributed by atoms with Crippen molar-refractivity contribution in [2.45, 2.75) is 58.7 Å². The molecule has 0 spiro atoms. The SMILES string of the molecule is CCc1nnsc1C(=O)NCc1ccc(CN2CCCCC2C)cc1. The summed E-state index contributed by atoms with van der Waals surface area (Å²) in [5.41, 5.74) is 3.22. The Hall–Kier alpha value is -1.79. The summed E-state index contributed by atoms with van der Waals surface area (Å²) in [4.78, 5) is 15.4. The van der Waals surface area contributed by atoms with Gasteiger partial charge < -0.3 is 5.32 Å². The predicted molar refractivity (Wildman–Crippen MR) is 101 cm³/mol. The molecule has 134 valence electrons. The smallest absolute Gasteiger partial charge is 0.265 e. The van der Waals surface area contributed by atoms with Crippen LogP contribution in [0.3, 0.4) is 0 Å². The first-order valence-electron chi connectivity index (χ1n) is 9.08. The Kier molecular flexibility index (Phi) is 6.15. The number of aromatic nitrogens is 2. The number of nitrogens with one attached hydrogen (secondary N) is 1. The maximum absolute atomic E-state index is 12.2. The average molecular weight is 359 g/mol. The molecular formula is C19H26N4OS. The molecule has 0 saturated carbocycles. The lowest BCUT2D eigenvalue weighted by molar-refractivity contribution is 0.0954. The lowest BCUT2D eigenvalue weighted by atomic mass is 10.0. The molecule has 1 unspecified atom stereocenters. The first-order chi connectivity index (χ1) is 12.2. The Morgan fingerprint density at radius 2 is 2.04 bits per heavy atom. The number of benzene rings is 1. The molecule has 25 heavy (non-hydrogen) atoms. The number of carbonyl (C=O) groups excluding carboxylic acids is 1. The van der Waals surface area contributed by atoms with Gasteiger partial charge in [-0.25, -0.2) is 0 Å². The van der Waals surface area contributed by atoms with E-state index in [0.717, 1.165) is 35.8 Å². The third kappa shape index (κ3) is 4.64. The fourth-order valence-electron chi connectivity index (χ4n) is 3.26. The third-order valence-corrected chi connectivity index (χ3v) is 5.67. The number of piperidine rings is 1. The quantitative estimate of drug-likeness (QED) is 0.860. The van der Waals surface area contributed by atoms with Gasteiger partial charge in [0.15, 0.2) is 0 Å². The molecule has 0 bridgehead atoms. The first-order valence-corrected chi connectivity index (χ1v) is 9.86. The zero-order chi connectivity index (χ0) is 17.6. The van der Waals surface area contributed by atoms with Crippen molar-refractivity contribution in [3.05, 3.63) is 46.0 Å². The Morgan fingerprint density at radius 1 is 1.28 bits per heavy atom. The number of aryl methyl sites for hydroxylation is 1. The fourth-order valence-corrected chi connectivity index (χ4v) is 3.93. The summed E-state index contributed by atoms with van der Waals surface area (Å²) in [6.07, 6.45) is 4.69. The van der Waals surface area contributed by atoms with Crippen LogP contribution >= 0.6 is 11.5 Å². The van der Waals surface area contributed by atoms with Gasteiger partial charge in [-0.15, -0.1) is 5.10 Å². The van der Waals surface area contributed by atoms with E-state index in [9.17, 15) is 4.79 Å².